The van der Waals surface area contributed by atoms with Crippen molar-refractivity contribution in [1.29, 1.82) is 0 Å². The van der Waals surface area contributed by atoms with Crippen molar-refractivity contribution in [2.45, 2.75) is 32.2 Å². The molecule has 0 aromatic heterocycles. The van der Waals surface area contributed by atoms with Gasteiger partial charge in [0.2, 0.25) is 5.91 Å². The quantitative estimate of drug-likeness (QED) is 0.667. The highest BCUT2D eigenvalue weighted by Gasteiger charge is 2.41. The first-order valence-corrected chi connectivity index (χ1v) is 9.31. The molecule has 146 valence electrons. The molecule has 0 fully saturated rings. The van der Waals surface area contributed by atoms with Crippen molar-refractivity contribution in [3.05, 3.63) is 83.9 Å². The molecule has 0 spiro atoms. The highest BCUT2D eigenvalue weighted by atomic mass is 16.5. The molecule has 0 saturated heterocycles. The van der Waals surface area contributed by atoms with Gasteiger partial charge in [-0.25, -0.2) is 4.79 Å². The molecule has 2 rings (SSSR count). The van der Waals surface area contributed by atoms with Gasteiger partial charge in [-0.1, -0.05) is 73.8 Å². The van der Waals surface area contributed by atoms with Crippen LogP contribution in [0.25, 0.3) is 12.2 Å². The van der Waals surface area contributed by atoms with Crippen LogP contribution < -0.4 is 5.32 Å². The molecule has 1 amide bonds. The summed E-state index contributed by atoms with van der Waals surface area (Å²) in [6.07, 6.45) is 4.17. The molecule has 0 atom stereocenters. The van der Waals surface area contributed by atoms with Crippen molar-refractivity contribution in [1.82, 2.24) is 5.32 Å². The van der Waals surface area contributed by atoms with E-state index in [-0.39, 0.29) is 12.5 Å². The monoisotopic (exact) mass is 377 g/mol. The van der Waals surface area contributed by atoms with E-state index in [0.29, 0.717) is 12.8 Å². The van der Waals surface area contributed by atoms with Crippen LogP contribution in [0, 0.1) is 0 Å². The van der Waals surface area contributed by atoms with Crippen molar-refractivity contribution in [3.8, 4) is 0 Å². The van der Waals surface area contributed by atoms with Crippen molar-refractivity contribution in [3.63, 3.8) is 0 Å². The van der Waals surface area contributed by atoms with Gasteiger partial charge in [-0.15, -0.1) is 0 Å². The lowest BCUT2D eigenvalue weighted by Crippen LogP contribution is -2.58. The van der Waals surface area contributed by atoms with Crippen LogP contribution in [0.15, 0.2) is 61.7 Å². The van der Waals surface area contributed by atoms with Crippen LogP contribution in [-0.4, -0.2) is 24.0 Å². The van der Waals surface area contributed by atoms with Gasteiger partial charge in [0, 0.05) is 19.8 Å². The van der Waals surface area contributed by atoms with Gasteiger partial charge in [0.25, 0.3) is 0 Å². The molecule has 1 N–H and O–H groups in total. The van der Waals surface area contributed by atoms with Gasteiger partial charge < -0.3 is 10.1 Å². The predicted molar refractivity (Wildman–Crippen MR) is 114 cm³/mol. The lowest BCUT2D eigenvalue weighted by atomic mass is 9.84. The minimum Gasteiger partial charge on any atom is -0.464 e. The molecule has 0 aliphatic rings. The van der Waals surface area contributed by atoms with Gasteiger partial charge in [-0.2, -0.15) is 0 Å². The van der Waals surface area contributed by atoms with Crippen LogP contribution in [-0.2, 0) is 27.2 Å². The summed E-state index contributed by atoms with van der Waals surface area (Å²) in [7, 11) is 0. The number of carbonyl (C=O) groups excluding carboxylic acids is 2. The first kappa shape index (κ1) is 21.2. The first-order valence-electron chi connectivity index (χ1n) is 9.31. The molecular formula is C24H27NO3. The fourth-order valence-electron chi connectivity index (χ4n) is 3.19. The molecule has 0 aliphatic carbocycles. The van der Waals surface area contributed by atoms with Crippen molar-refractivity contribution >= 4 is 24.0 Å². The maximum absolute atomic E-state index is 13.0. The highest BCUT2D eigenvalue weighted by Crippen LogP contribution is 2.23. The Labute approximate surface area is 166 Å². The number of nitrogens with one attached hydrogen (secondary N) is 1. The van der Waals surface area contributed by atoms with Gasteiger partial charge in [-0.05, 0) is 29.2 Å². The summed E-state index contributed by atoms with van der Waals surface area (Å²) in [4.78, 5) is 25.0. The minimum absolute atomic E-state index is 0.241. The Morgan fingerprint density at radius 1 is 0.929 bits per heavy atom. The number of esters is 1. The second-order valence-electron chi connectivity index (χ2n) is 6.73. The normalized spacial score (nSPS) is 10.8. The molecular weight excluding hydrogens is 350 g/mol. The molecule has 0 saturated carbocycles. The lowest BCUT2D eigenvalue weighted by molar-refractivity contribution is -0.153. The molecule has 0 unspecified atom stereocenters. The van der Waals surface area contributed by atoms with Gasteiger partial charge in [0.05, 0.1) is 6.61 Å². The van der Waals surface area contributed by atoms with Crippen LogP contribution in [0.4, 0.5) is 0 Å². The molecule has 4 heteroatoms. The number of rotatable bonds is 9. The predicted octanol–water partition coefficient (Wildman–Crippen LogP) is 4.20. The van der Waals surface area contributed by atoms with Crippen LogP contribution >= 0.6 is 0 Å². The van der Waals surface area contributed by atoms with E-state index in [1.165, 1.54) is 6.92 Å². The summed E-state index contributed by atoms with van der Waals surface area (Å²) >= 11 is 0. The van der Waals surface area contributed by atoms with Crippen LogP contribution in [0.1, 0.15) is 36.1 Å². The number of benzene rings is 2. The fraction of sp³-hybridized carbons (Fsp3) is 0.250. The van der Waals surface area contributed by atoms with Gasteiger partial charge in [-0.3, -0.25) is 4.79 Å². The maximum Gasteiger partial charge on any atom is 0.332 e. The smallest absolute Gasteiger partial charge is 0.332 e. The molecule has 0 heterocycles. The highest BCUT2D eigenvalue weighted by molar-refractivity contribution is 5.88. The Morgan fingerprint density at radius 3 is 1.68 bits per heavy atom. The van der Waals surface area contributed by atoms with Gasteiger partial charge >= 0.3 is 5.97 Å². The van der Waals surface area contributed by atoms with E-state index in [1.54, 1.807) is 19.1 Å². The molecule has 28 heavy (non-hydrogen) atoms. The average Bonchev–Trinajstić information content (AvgIpc) is 2.68. The minimum atomic E-state index is -1.19. The van der Waals surface area contributed by atoms with Crippen molar-refractivity contribution in [2.24, 2.45) is 0 Å². The van der Waals surface area contributed by atoms with E-state index in [4.69, 9.17) is 4.74 Å². The third kappa shape index (κ3) is 5.43. The Bertz CT molecular complexity index is 782. The molecule has 0 bridgehead atoms. The van der Waals surface area contributed by atoms with Gasteiger partial charge in [0.1, 0.15) is 5.54 Å². The summed E-state index contributed by atoms with van der Waals surface area (Å²) in [5.41, 5.74) is 2.65. The largest absolute Gasteiger partial charge is 0.464 e. The molecule has 2 aromatic rings. The molecule has 0 aliphatic heterocycles. The second kappa shape index (κ2) is 9.70. The van der Waals surface area contributed by atoms with E-state index < -0.39 is 11.5 Å². The number of amides is 1. The SMILES string of the molecule is C=Cc1ccc(CC(Cc2ccc(C=C)cc2)(NC(C)=O)C(=O)OCC)cc1. The van der Waals surface area contributed by atoms with E-state index in [1.807, 2.05) is 48.5 Å². The average molecular weight is 377 g/mol. The first-order chi connectivity index (χ1) is 13.4. The lowest BCUT2D eigenvalue weighted by Gasteiger charge is -2.32. The second-order valence-corrected chi connectivity index (χ2v) is 6.73. The molecule has 0 radical (unpaired) electrons. The zero-order valence-electron chi connectivity index (χ0n) is 16.5. The Morgan fingerprint density at radius 2 is 1.36 bits per heavy atom. The summed E-state index contributed by atoms with van der Waals surface area (Å²) in [6.45, 7) is 10.9. The van der Waals surface area contributed by atoms with Crippen LogP contribution in [0.3, 0.4) is 0 Å². The van der Waals surface area contributed by atoms with E-state index >= 15 is 0 Å². The van der Waals surface area contributed by atoms with Crippen molar-refractivity contribution in [2.75, 3.05) is 6.61 Å². The van der Waals surface area contributed by atoms with Crippen LogP contribution in [0.2, 0.25) is 0 Å². The third-order valence-electron chi connectivity index (χ3n) is 4.52. The number of hydrogen-bond donors (Lipinski definition) is 1. The number of ether oxygens (including phenoxy) is 1. The third-order valence-corrected chi connectivity index (χ3v) is 4.52. The fourth-order valence-corrected chi connectivity index (χ4v) is 3.19. The Hall–Kier alpha value is -3.14. The maximum atomic E-state index is 13.0. The van der Waals surface area contributed by atoms with Crippen molar-refractivity contribution < 1.29 is 14.3 Å². The van der Waals surface area contributed by atoms with Gasteiger partial charge in [0.15, 0.2) is 0 Å². The zero-order valence-corrected chi connectivity index (χ0v) is 16.5. The van der Waals surface area contributed by atoms with E-state index in [0.717, 1.165) is 22.3 Å². The summed E-state index contributed by atoms with van der Waals surface area (Å²) in [6, 6.07) is 15.5. The number of carbonyl (C=O) groups is 2. The zero-order chi connectivity index (χ0) is 20.6. The summed E-state index contributed by atoms with van der Waals surface area (Å²) in [5.74, 6) is -0.718. The van der Waals surface area contributed by atoms with E-state index in [2.05, 4.69) is 18.5 Å². The summed E-state index contributed by atoms with van der Waals surface area (Å²) in [5, 5.41) is 2.88. The Kier molecular flexibility index (Phi) is 7.33. The number of hydrogen-bond acceptors (Lipinski definition) is 3. The topological polar surface area (TPSA) is 55.4 Å². The summed E-state index contributed by atoms with van der Waals surface area (Å²) < 4.78 is 5.36. The van der Waals surface area contributed by atoms with Crippen LogP contribution in [0.5, 0.6) is 0 Å². The standard InChI is InChI=1S/C24H27NO3/c1-5-19-8-12-21(13-9-19)16-24(25-18(4)26,23(27)28-7-3)17-22-14-10-20(6-2)11-15-22/h5-6,8-15H,1-2,7,16-17H2,3-4H3,(H,25,26). The molecule has 4 nitrogen and oxygen atoms in total. The van der Waals surface area contributed by atoms with E-state index in [9.17, 15) is 9.59 Å². The Balaban J connectivity index is 2.44. The molecule has 2 aromatic carbocycles.